The standard InChI is InChI=1S/C14H27N3O3S/c1-11(2)15-21(19,20)17-8-4-5-13(17)14(18)16-9-6-12(3)7-10-16/h11-13,15H,4-10H2,1-3H3. The van der Waals surface area contributed by atoms with E-state index in [4.69, 9.17) is 0 Å². The number of piperidine rings is 1. The van der Waals surface area contributed by atoms with Gasteiger partial charge < -0.3 is 4.90 Å². The lowest BCUT2D eigenvalue weighted by atomic mass is 9.98. The van der Waals surface area contributed by atoms with Gasteiger partial charge in [0.15, 0.2) is 0 Å². The predicted octanol–water partition coefficient (Wildman–Crippen LogP) is 0.952. The minimum atomic E-state index is -3.57. The zero-order chi connectivity index (χ0) is 15.6. The van der Waals surface area contributed by atoms with Crippen LogP contribution in [0.5, 0.6) is 0 Å². The van der Waals surface area contributed by atoms with E-state index in [1.54, 1.807) is 13.8 Å². The van der Waals surface area contributed by atoms with Gasteiger partial charge in [-0.1, -0.05) is 6.92 Å². The summed E-state index contributed by atoms with van der Waals surface area (Å²) in [5.41, 5.74) is 0. The van der Waals surface area contributed by atoms with Crippen molar-refractivity contribution in [2.45, 2.75) is 58.5 Å². The van der Waals surface area contributed by atoms with Gasteiger partial charge in [-0.2, -0.15) is 17.4 Å². The van der Waals surface area contributed by atoms with E-state index in [9.17, 15) is 13.2 Å². The fourth-order valence-corrected chi connectivity index (χ4v) is 4.71. The van der Waals surface area contributed by atoms with Crippen LogP contribution in [0.1, 0.15) is 46.5 Å². The van der Waals surface area contributed by atoms with Crippen LogP contribution in [0.25, 0.3) is 0 Å². The molecule has 1 atom stereocenters. The number of rotatable bonds is 4. The molecule has 2 fully saturated rings. The van der Waals surface area contributed by atoms with Crippen molar-refractivity contribution in [3.8, 4) is 0 Å². The molecule has 0 radical (unpaired) electrons. The number of carbonyl (C=O) groups excluding carboxylic acids is 1. The van der Waals surface area contributed by atoms with Crippen molar-refractivity contribution >= 4 is 16.1 Å². The number of hydrogen-bond acceptors (Lipinski definition) is 3. The van der Waals surface area contributed by atoms with Crippen LogP contribution in [-0.2, 0) is 15.0 Å². The summed E-state index contributed by atoms with van der Waals surface area (Å²) in [7, 11) is -3.57. The van der Waals surface area contributed by atoms with Gasteiger partial charge in [0.2, 0.25) is 5.91 Å². The first-order valence-corrected chi connectivity index (χ1v) is 9.33. The molecule has 6 nitrogen and oxygen atoms in total. The quantitative estimate of drug-likeness (QED) is 0.839. The molecule has 2 rings (SSSR count). The van der Waals surface area contributed by atoms with Crippen LogP contribution in [0.15, 0.2) is 0 Å². The second-order valence-corrected chi connectivity index (χ2v) is 8.21. The second kappa shape index (κ2) is 6.62. The number of nitrogens with one attached hydrogen (secondary N) is 1. The Bertz CT molecular complexity index is 470. The molecule has 0 spiro atoms. The molecule has 2 heterocycles. The third-order valence-corrected chi connectivity index (χ3v) is 6.10. The molecule has 2 aliphatic rings. The van der Waals surface area contributed by atoms with Crippen LogP contribution in [0.4, 0.5) is 0 Å². The first kappa shape index (κ1) is 16.7. The number of hydrogen-bond donors (Lipinski definition) is 1. The Kier molecular flexibility index (Phi) is 5.27. The molecule has 1 amide bonds. The zero-order valence-corrected chi connectivity index (χ0v) is 14.0. The normalized spacial score (nSPS) is 25.7. The highest BCUT2D eigenvalue weighted by Crippen LogP contribution is 2.25. The van der Waals surface area contributed by atoms with Gasteiger partial charge in [0, 0.05) is 25.7 Å². The molecule has 21 heavy (non-hydrogen) atoms. The molecule has 1 unspecified atom stereocenters. The SMILES string of the molecule is CC1CCN(C(=O)C2CCCN2S(=O)(=O)NC(C)C)CC1. The van der Waals surface area contributed by atoms with E-state index in [1.807, 2.05) is 4.90 Å². The van der Waals surface area contributed by atoms with E-state index < -0.39 is 16.3 Å². The van der Waals surface area contributed by atoms with Crippen LogP contribution < -0.4 is 4.72 Å². The van der Waals surface area contributed by atoms with Gasteiger partial charge >= 0.3 is 0 Å². The number of likely N-dealkylation sites (tertiary alicyclic amines) is 1. The summed E-state index contributed by atoms with van der Waals surface area (Å²) >= 11 is 0. The molecule has 1 N–H and O–H groups in total. The minimum Gasteiger partial charge on any atom is -0.341 e. The van der Waals surface area contributed by atoms with E-state index in [-0.39, 0.29) is 11.9 Å². The van der Waals surface area contributed by atoms with Crippen LogP contribution in [0.3, 0.4) is 0 Å². The number of amides is 1. The summed E-state index contributed by atoms with van der Waals surface area (Å²) in [6.45, 7) is 7.71. The lowest BCUT2D eigenvalue weighted by Gasteiger charge is -2.34. The summed E-state index contributed by atoms with van der Waals surface area (Å²) in [4.78, 5) is 14.5. The highest BCUT2D eigenvalue weighted by atomic mass is 32.2. The van der Waals surface area contributed by atoms with Gasteiger partial charge in [0.1, 0.15) is 6.04 Å². The molecule has 7 heteroatoms. The Balaban J connectivity index is 2.06. The molecule has 0 aromatic rings. The van der Waals surface area contributed by atoms with E-state index in [2.05, 4.69) is 11.6 Å². The average molecular weight is 317 g/mol. The Morgan fingerprint density at radius 1 is 1.14 bits per heavy atom. The maximum Gasteiger partial charge on any atom is 0.280 e. The molecule has 0 bridgehead atoms. The molecular weight excluding hydrogens is 290 g/mol. The molecule has 2 aliphatic heterocycles. The van der Waals surface area contributed by atoms with Crippen molar-refractivity contribution in [3.63, 3.8) is 0 Å². The van der Waals surface area contributed by atoms with Gasteiger partial charge in [0.05, 0.1) is 0 Å². The van der Waals surface area contributed by atoms with Gasteiger partial charge in [-0.15, -0.1) is 0 Å². The number of nitrogens with zero attached hydrogens (tertiary/aromatic N) is 2. The molecule has 0 aromatic carbocycles. The maximum atomic E-state index is 12.6. The van der Waals surface area contributed by atoms with Gasteiger partial charge in [-0.25, -0.2) is 0 Å². The van der Waals surface area contributed by atoms with E-state index in [0.29, 0.717) is 18.9 Å². The lowest BCUT2D eigenvalue weighted by Crippen LogP contribution is -2.53. The third kappa shape index (κ3) is 3.96. The fraction of sp³-hybridized carbons (Fsp3) is 0.929. The fourth-order valence-electron chi connectivity index (χ4n) is 3.08. The summed E-state index contributed by atoms with van der Waals surface area (Å²) < 4.78 is 28.6. The van der Waals surface area contributed by atoms with E-state index >= 15 is 0 Å². The average Bonchev–Trinajstić information content (AvgIpc) is 2.87. The van der Waals surface area contributed by atoms with Crippen LogP contribution in [-0.4, -0.2) is 55.2 Å². The summed E-state index contributed by atoms with van der Waals surface area (Å²) in [6.07, 6.45) is 3.40. The predicted molar refractivity (Wildman–Crippen MR) is 81.9 cm³/mol. The van der Waals surface area contributed by atoms with Crippen molar-refractivity contribution in [3.05, 3.63) is 0 Å². The van der Waals surface area contributed by atoms with Crippen molar-refractivity contribution in [2.75, 3.05) is 19.6 Å². The topological polar surface area (TPSA) is 69.7 Å². The van der Waals surface area contributed by atoms with Gasteiger partial charge in [-0.05, 0) is 45.4 Å². The van der Waals surface area contributed by atoms with Crippen molar-refractivity contribution < 1.29 is 13.2 Å². The Morgan fingerprint density at radius 2 is 1.76 bits per heavy atom. The molecular formula is C14H27N3O3S. The van der Waals surface area contributed by atoms with E-state index in [0.717, 1.165) is 32.4 Å². The Labute approximate surface area is 128 Å². The minimum absolute atomic E-state index is 0.0199. The second-order valence-electron chi connectivity index (χ2n) is 6.55. The first-order chi connectivity index (χ1) is 9.81. The highest BCUT2D eigenvalue weighted by molar-refractivity contribution is 7.87. The molecule has 0 saturated carbocycles. The third-order valence-electron chi connectivity index (χ3n) is 4.28. The highest BCUT2D eigenvalue weighted by Gasteiger charge is 2.41. The van der Waals surface area contributed by atoms with Crippen LogP contribution >= 0.6 is 0 Å². The van der Waals surface area contributed by atoms with E-state index in [1.165, 1.54) is 4.31 Å². The maximum absolute atomic E-state index is 12.6. The Hall–Kier alpha value is -0.660. The zero-order valence-electron chi connectivity index (χ0n) is 13.2. The molecule has 0 aliphatic carbocycles. The molecule has 122 valence electrons. The largest absolute Gasteiger partial charge is 0.341 e. The smallest absolute Gasteiger partial charge is 0.280 e. The first-order valence-electron chi connectivity index (χ1n) is 7.89. The molecule has 0 aromatic heterocycles. The molecule has 2 saturated heterocycles. The van der Waals surface area contributed by atoms with Crippen molar-refractivity contribution in [1.29, 1.82) is 0 Å². The van der Waals surface area contributed by atoms with Crippen molar-refractivity contribution in [2.24, 2.45) is 5.92 Å². The summed E-state index contributed by atoms with van der Waals surface area (Å²) in [5.74, 6) is 0.633. The van der Waals surface area contributed by atoms with Crippen LogP contribution in [0.2, 0.25) is 0 Å². The monoisotopic (exact) mass is 317 g/mol. The Morgan fingerprint density at radius 3 is 2.33 bits per heavy atom. The lowest BCUT2D eigenvalue weighted by molar-refractivity contribution is -0.136. The van der Waals surface area contributed by atoms with Gasteiger partial charge in [0.25, 0.3) is 10.2 Å². The summed E-state index contributed by atoms with van der Waals surface area (Å²) in [5, 5.41) is 0. The number of carbonyl (C=O) groups is 1. The van der Waals surface area contributed by atoms with Crippen molar-refractivity contribution in [1.82, 2.24) is 13.9 Å². The van der Waals surface area contributed by atoms with Gasteiger partial charge in [-0.3, -0.25) is 4.79 Å². The summed E-state index contributed by atoms with van der Waals surface area (Å²) in [6, 6.07) is -0.683. The van der Waals surface area contributed by atoms with Crippen LogP contribution in [0, 0.1) is 5.92 Å².